The molecule has 130 valence electrons. The predicted octanol–water partition coefficient (Wildman–Crippen LogP) is 2.88. The van der Waals surface area contributed by atoms with Crippen molar-refractivity contribution in [3.8, 4) is 5.75 Å². The fourth-order valence-corrected chi connectivity index (χ4v) is 3.01. The highest BCUT2D eigenvalue weighted by Gasteiger charge is 2.38. The molecule has 25 heavy (non-hydrogen) atoms. The third kappa shape index (κ3) is 2.75. The Morgan fingerprint density at radius 3 is 2.80 bits per heavy atom. The van der Waals surface area contributed by atoms with Crippen LogP contribution in [0.4, 0.5) is 10.1 Å². The van der Waals surface area contributed by atoms with Gasteiger partial charge in [0.05, 0.1) is 31.2 Å². The number of esters is 1. The fourth-order valence-electron chi connectivity index (χ4n) is 3.01. The third-order valence-electron chi connectivity index (χ3n) is 4.41. The minimum Gasteiger partial charge on any atom is -0.475 e. The molecule has 1 saturated carbocycles. The Kier molecular flexibility index (Phi) is 3.71. The van der Waals surface area contributed by atoms with E-state index < -0.39 is 17.9 Å². The highest BCUT2D eigenvalue weighted by molar-refractivity contribution is 6.08. The lowest BCUT2D eigenvalue weighted by Gasteiger charge is -2.33. The number of methoxy groups -OCH3 is 1. The number of nitrogens with zero attached hydrogens (tertiary/aromatic N) is 1. The molecule has 1 amide bonds. The van der Waals surface area contributed by atoms with E-state index in [4.69, 9.17) is 13.9 Å². The van der Waals surface area contributed by atoms with Crippen molar-refractivity contribution >= 4 is 17.6 Å². The minimum absolute atomic E-state index is 0.0145. The van der Waals surface area contributed by atoms with E-state index in [9.17, 15) is 14.0 Å². The first-order valence-electron chi connectivity index (χ1n) is 8.01. The van der Waals surface area contributed by atoms with Crippen molar-refractivity contribution in [2.24, 2.45) is 0 Å². The van der Waals surface area contributed by atoms with Crippen LogP contribution >= 0.6 is 0 Å². The van der Waals surface area contributed by atoms with E-state index in [2.05, 4.69) is 0 Å². The van der Waals surface area contributed by atoms with Gasteiger partial charge in [0.25, 0.3) is 5.91 Å². The summed E-state index contributed by atoms with van der Waals surface area (Å²) in [6.45, 7) is -0.0145. The lowest BCUT2D eigenvalue weighted by molar-refractivity contribution is -0.148. The molecule has 2 aromatic rings. The highest BCUT2D eigenvalue weighted by atomic mass is 19.1. The zero-order chi connectivity index (χ0) is 17.6. The molecule has 1 aliphatic heterocycles. The van der Waals surface area contributed by atoms with Gasteiger partial charge in [0, 0.05) is 12.0 Å². The molecule has 1 atom stereocenters. The average molecular weight is 345 g/mol. The molecule has 1 unspecified atom stereocenters. The maximum absolute atomic E-state index is 13.6. The van der Waals surface area contributed by atoms with Gasteiger partial charge in [-0.25, -0.2) is 9.18 Å². The molecule has 0 bridgehead atoms. The van der Waals surface area contributed by atoms with Crippen LogP contribution in [0.5, 0.6) is 5.75 Å². The van der Waals surface area contributed by atoms with Crippen LogP contribution in [0.15, 0.2) is 34.9 Å². The van der Waals surface area contributed by atoms with Gasteiger partial charge in [-0.2, -0.15) is 0 Å². The van der Waals surface area contributed by atoms with Crippen LogP contribution in [0.2, 0.25) is 0 Å². The number of fused-ring (bicyclic) bond motifs is 1. The fraction of sp³-hybridized carbons (Fsp3) is 0.333. The molecular formula is C18H16FNO5. The molecule has 2 heterocycles. The first-order valence-corrected chi connectivity index (χ1v) is 8.01. The van der Waals surface area contributed by atoms with Crippen LogP contribution in [0.1, 0.15) is 34.9 Å². The van der Waals surface area contributed by atoms with Gasteiger partial charge in [0.2, 0.25) is 6.10 Å². The number of halogens is 1. The van der Waals surface area contributed by atoms with Crippen LogP contribution < -0.4 is 9.64 Å². The first-order chi connectivity index (χ1) is 12.1. The molecule has 0 saturated heterocycles. The molecule has 1 fully saturated rings. The van der Waals surface area contributed by atoms with E-state index in [-0.39, 0.29) is 24.1 Å². The van der Waals surface area contributed by atoms with Gasteiger partial charge in [-0.05, 0) is 31.0 Å². The molecule has 0 spiro atoms. The Bertz CT molecular complexity index is 842. The molecule has 7 heteroatoms. The Morgan fingerprint density at radius 2 is 2.08 bits per heavy atom. The monoisotopic (exact) mass is 345 g/mol. The molecule has 1 aromatic heterocycles. The summed E-state index contributed by atoms with van der Waals surface area (Å²) >= 11 is 0. The van der Waals surface area contributed by atoms with E-state index in [1.54, 1.807) is 6.07 Å². The number of carbonyl (C=O) groups excluding carboxylic acids is 2. The van der Waals surface area contributed by atoms with Crippen LogP contribution in [-0.4, -0.2) is 31.6 Å². The van der Waals surface area contributed by atoms with Crippen molar-refractivity contribution in [2.75, 3.05) is 18.6 Å². The average Bonchev–Trinajstić information content (AvgIpc) is 3.35. The Hall–Kier alpha value is -2.83. The number of carbonyl (C=O) groups is 2. The molecular weight excluding hydrogens is 329 g/mol. The zero-order valence-electron chi connectivity index (χ0n) is 13.5. The van der Waals surface area contributed by atoms with Crippen molar-refractivity contribution in [1.82, 2.24) is 0 Å². The van der Waals surface area contributed by atoms with E-state index >= 15 is 0 Å². The largest absolute Gasteiger partial charge is 0.475 e. The minimum atomic E-state index is -1.01. The lowest BCUT2D eigenvalue weighted by atomic mass is 10.1. The highest BCUT2D eigenvalue weighted by Crippen LogP contribution is 2.43. The maximum Gasteiger partial charge on any atom is 0.348 e. The third-order valence-corrected chi connectivity index (χ3v) is 4.41. The number of benzene rings is 1. The number of anilines is 1. The lowest BCUT2D eigenvalue weighted by Crippen LogP contribution is -2.47. The summed E-state index contributed by atoms with van der Waals surface area (Å²) in [7, 11) is 1.24. The van der Waals surface area contributed by atoms with Crippen LogP contribution in [0.3, 0.4) is 0 Å². The Labute approximate surface area is 143 Å². The Balaban J connectivity index is 1.73. The van der Waals surface area contributed by atoms with Crippen molar-refractivity contribution in [3.05, 3.63) is 47.7 Å². The van der Waals surface area contributed by atoms with Crippen molar-refractivity contribution in [2.45, 2.75) is 24.9 Å². The smallest absolute Gasteiger partial charge is 0.348 e. The topological polar surface area (TPSA) is 69.0 Å². The van der Waals surface area contributed by atoms with Gasteiger partial charge in [-0.1, -0.05) is 0 Å². The standard InChI is InChI=1S/C18H16FNO5/c1-23-18(22)15-9-20(13-5-4-11(19)8-14(13)25-15)17(21)12-6-7-24-16(12)10-2-3-10/h4-8,10,15H,2-3,9H2,1H3. The summed E-state index contributed by atoms with van der Waals surface area (Å²) in [4.78, 5) is 26.4. The zero-order valence-corrected chi connectivity index (χ0v) is 13.5. The number of rotatable bonds is 3. The summed E-state index contributed by atoms with van der Waals surface area (Å²) in [5, 5.41) is 0. The molecule has 1 aliphatic carbocycles. The molecule has 4 rings (SSSR count). The second-order valence-electron chi connectivity index (χ2n) is 6.13. The summed E-state index contributed by atoms with van der Waals surface area (Å²) in [5.41, 5.74) is 0.873. The van der Waals surface area contributed by atoms with Gasteiger partial charge < -0.3 is 18.8 Å². The van der Waals surface area contributed by atoms with E-state index in [0.29, 0.717) is 17.0 Å². The van der Waals surface area contributed by atoms with Gasteiger partial charge >= 0.3 is 5.97 Å². The van der Waals surface area contributed by atoms with E-state index in [1.807, 2.05) is 0 Å². The Morgan fingerprint density at radius 1 is 1.28 bits per heavy atom. The van der Waals surface area contributed by atoms with Gasteiger partial charge in [0.1, 0.15) is 17.3 Å². The predicted molar refractivity (Wildman–Crippen MR) is 85.2 cm³/mol. The SMILES string of the molecule is COC(=O)C1CN(C(=O)c2ccoc2C2CC2)c2ccc(F)cc2O1. The van der Waals surface area contributed by atoms with Crippen molar-refractivity contribution in [1.29, 1.82) is 0 Å². The van der Waals surface area contributed by atoms with Crippen LogP contribution in [0, 0.1) is 5.82 Å². The van der Waals surface area contributed by atoms with Crippen LogP contribution in [-0.2, 0) is 9.53 Å². The molecule has 2 aliphatic rings. The van der Waals surface area contributed by atoms with Gasteiger partial charge in [0.15, 0.2) is 0 Å². The van der Waals surface area contributed by atoms with Gasteiger partial charge in [-0.3, -0.25) is 4.79 Å². The second-order valence-corrected chi connectivity index (χ2v) is 6.13. The van der Waals surface area contributed by atoms with E-state index in [1.165, 1.54) is 30.4 Å². The van der Waals surface area contributed by atoms with Crippen molar-refractivity contribution < 1.29 is 27.9 Å². The quantitative estimate of drug-likeness (QED) is 0.800. The summed E-state index contributed by atoms with van der Waals surface area (Å²) in [5.74, 6) is -0.387. The molecule has 0 radical (unpaired) electrons. The van der Waals surface area contributed by atoms with Gasteiger partial charge in [-0.15, -0.1) is 0 Å². The number of hydrogen-bond acceptors (Lipinski definition) is 5. The van der Waals surface area contributed by atoms with Crippen LogP contribution in [0.25, 0.3) is 0 Å². The molecule has 0 N–H and O–H groups in total. The normalized spacial score (nSPS) is 19.1. The molecule has 6 nitrogen and oxygen atoms in total. The summed E-state index contributed by atoms with van der Waals surface area (Å²) in [6, 6.07) is 5.49. The maximum atomic E-state index is 13.6. The van der Waals surface area contributed by atoms with E-state index in [0.717, 1.165) is 18.9 Å². The molecule has 1 aromatic carbocycles. The number of ether oxygens (including phenoxy) is 2. The number of amides is 1. The summed E-state index contributed by atoms with van der Waals surface area (Å²) in [6.07, 6.45) is 2.46. The second kappa shape index (κ2) is 5.91. The first kappa shape index (κ1) is 15.7. The number of furan rings is 1. The summed E-state index contributed by atoms with van der Waals surface area (Å²) < 4.78 is 29.3. The van der Waals surface area contributed by atoms with Crippen molar-refractivity contribution in [3.63, 3.8) is 0 Å². The number of hydrogen-bond donors (Lipinski definition) is 0.